The first-order chi connectivity index (χ1) is 16.1. The standard InChI is InChI=1S/C28H34N2O4/c1-18-14-22-24(31)16-26(34-25(22)15-19(18)2)27(32)29-17-23(30-10-12-33-13-11-30)20-6-8-21(9-7-20)28(3,4)5/h6-9,14-16,23H,10-13,17H2,1-5H3,(H,29,32)/t23-/m1/s1. The van der Waals surface area contributed by atoms with Crippen molar-refractivity contribution in [3.05, 3.63) is 80.7 Å². The van der Waals surface area contributed by atoms with Crippen LogP contribution in [0.25, 0.3) is 11.0 Å². The lowest BCUT2D eigenvalue weighted by molar-refractivity contribution is 0.0161. The van der Waals surface area contributed by atoms with E-state index in [1.165, 1.54) is 11.6 Å². The van der Waals surface area contributed by atoms with Gasteiger partial charge in [0.05, 0.1) is 24.6 Å². The number of carbonyl (C=O) groups excluding carboxylic acids is 1. The molecule has 6 heteroatoms. The number of fused-ring (bicyclic) bond motifs is 1. The van der Waals surface area contributed by atoms with Gasteiger partial charge in [-0.25, -0.2) is 0 Å². The van der Waals surface area contributed by atoms with Gasteiger partial charge in [-0.2, -0.15) is 0 Å². The van der Waals surface area contributed by atoms with Crippen molar-refractivity contribution in [2.45, 2.75) is 46.1 Å². The quantitative estimate of drug-likeness (QED) is 0.604. The van der Waals surface area contributed by atoms with E-state index in [9.17, 15) is 9.59 Å². The molecule has 1 aliphatic rings. The Kier molecular flexibility index (Phi) is 6.91. The molecule has 0 spiro atoms. The summed E-state index contributed by atoms with van der Waals surface area (Å²) in [5, 5.41) is 3.49. The van der Waals surface area contributed by atoms with E-state index in [-0.39, 0.29) is 28.6 Å². The minimum Gasteiger partial charge on any atom is -0.451 e. The van der Waals surface area contributed by atoms with Gasteiger partial charge in [-0.15, -0.1) is 0 Å². The van der Waals surface area contributed by atoms with Crippen LogP contribution in [0.4, 0.5) is 0 Å². The topological polar surface area (TPSA) is 71.8 Å². The van der Waals surface area contributed by atoms with E-state index in [1.54, 1.807) is 0 Å². The van der Waals surface area contributed by atoms with E-state index in [0.29, 0.717) is 30.7 Å². The molecule has 1 aliphatic heterocycles. The Bertz CT molecular complexity index is 1230. The zero-order chi connectivity index (χ0) is 24.5. The number of rotatable bonds is 5. The highest BCUT2D eigenvalue weighted by molar-refractivity contribution is 5.93. The molecular weight excluding hydrogens is 428 g/mol. The number of hydrogen-bond acceptors (Lipinski definition) is 5. The molecule has 1 atom stereocenters. The summed E-state index contributed by atoms with van der Waals surface area (Å²) in [6, 6.07) is 13.5. The van der Waals surface area contributed by atoms with Crippen molar-refractivity contribution < 1.29 is 13.9 Å². The second-order valence-electron chi connectivity index (χ2n) is 10.2. The van der Waals surface area contributed by atoms with E-state index in [2.05, 4.69) is 55.3 Å². The fourth-order valence-corrected chi connectivity index (χ4v) is 4.35. The van der Waals surface area contributed by atoms with Crippen LogP contribution in [0.2, 0.25) is 0 Å². The summed E-state index contributed by atoms with van der Waals surface area (Å²) in [4.78, 5) is 28.0. The first-order valence-electron chi connectivity index (χ1n) is 11.9. The maximum Gasteiger partial charge on any atom is 0.287 e. The number of morpholine rings is 1. The van der Waals surface area contributed by atoms with Gasteiger partial charge in [0.2, 0.25) is 0 Å². The minimum atomic E-state index is -0.387. The predicted molar refractivity (Wildman–Crippen MR) is 135 cm³/mol. The van der Waals surface area contributed by atoms with Crippen LogP contribution in [0.15, 0.2) is 51.7 Å². The monoisotopic (exact) mass is 462 g/mol. The number of amides is 1. The van der Waals surface area contributed by atoms with Crippen LogP contribution in [0.3, 0.4) is 0 Å². The van der Waals surface area contributed by atoms with Crippen molar-refractivity contribution in [1.29, 1.82) is 0 Å². The number of aryl methyl sites for hydroxylation is 2. The van der Waals surface area contributed by atoms with Crippen LogP contribution in [0.1, 0.15) is 59.6 Å². The summed E-state index contributed by atoms with van der Waals surface area (Å²) in [6.07, 6.45) is 0. The normalized spacial score (nSPS) is 15.9. The third-order valence-corrected chi connectivity index (χ3v) is 6.67. The zero-order valence-corrected chi connectivity index (χ0v) is 20.7. The Morgan fingerprint density at radius 3 is 2.32 bits per heavy atom. The van der Waals surface area contributed by atoms with Crippen LogP contribution < -0.4 is 10.7 Å². The van der Waals surface area contributed by atoms with Crippen LogP contribution in [-0.4, -0.2) is 43.7 Å². The Morgan fingerprint density at radius 1 is 1.03 bits per heavy atom. The maximum atomic E-state index is 13.0. The molecule has 1 fully saturated rings. The van der Waals surface area contributed by atoms with E-state index in [4.69, 9.17) is 9.15 Å². The van der Waals surface area contributed by atoms with Crippen molar-refractivity contribution in [2.24, 2.45) is 0 Å². The third-order valence-electron chi connectivity index (χ3n) is 6.67. The van der Waals surface area contributed by atoms with Crippen molar-refractivity contribution in [3.8, 4) is 0 Å². The predicted octanol–water partition coefficient (Wildman–Crippen LogP) is 4.51. The lowest BCUT2D eigenvalue weighted by Gasteiger charge is -2.35. The molecule has 3 aromatic rings. The number of nitrogens with one attached hydrogen (secondary N) is 1. The van der Waals surface area contributed by atoms with Gasteiger partial charge < -0.3 is 14.5 Å². The molecule has 180 valence electrons. The fraction of sp³-hybridized carbons (Fsp3) is 0.429. The first-order valence-corrected chi connectivity index (χ1v) is 11.9. The molecule has 34 heavy (non-hydrogen) atoms. The first kappa shape index (κ1) is 24.2. The lowest BCUT2D eigenvalue weighted by Crippen LogP contribution is -2.43. The molecule has 1 N–H and O–H groups in total. The number of hydrogen-bond donors (Lipinski definition) is 1. The molecule has 0 aliphatic carbocycles. The molecule has 2 heterocycles. The maximum absolute atomic E-state index is 13.0. The van der Waals surface area contributed by atoms with Crippen LogP contribution in [0.5, 0.6) is 0 Å². The highest BCUT2D eigenvalue weighted by atomic mass is 16.5. The summed E-state index contributed by atoms with van der Waals surface area (Å²) in [5.41, 5.74) is 4.74. The SMILES string of the molecule is Cc1cc2oc(C(=O)NC[C@H](c3ccc(C(C)(C)C)cc3)N3CCOCC3)cc(=O)c2cc1C. The van der Waals surface area contributed by atoms with Gasteiger partial charge in [0.25, 0.3) is 5.91 Å². The van der Waals surface area contributed by atoms with Gasteiger partial charge in [0.1, 0.15) is 5.58 Å². The van der Waals surface area contributed by atoms with Crippen molar-refractivity contribution in [3.63, 3.8) is 0 Å². The number of ether oxygens (including phenoxy) is 1. The molecule has 6 nitrogen and oxygen atoms in total. The zero-order valence-electron chi connectivity index (χ0n) is 20.7. The van der Waals surface area contributed by atoms with Crippen LogP contribution >= 0.6 is 0 Å². The number of nitrogens with zero attached hydrogens (tertiary/aromatic N) is 1. The Morgan fingerprint density at radius 2 is 1.68 bits per heavy atom. The van der Waals surface area contributed by atoms with E-state index < -0.39 is 0 Å². The molecule has 1 amide bonds. The fourth-order valence-electron chi connectivity index (χ4n) is 4.35. The average Bonchev–Trinajstić information content (AvgIpc) is 2.81. The van der Waals surface area contributed by atoms with Crippen molar-refractivity contribution in [2.75, 3.05) is 32.8 Å². The van der Waals surface area contributed by atoms with Crippen molar-refractivity contribution >= 4 is 16.9 Å². The number of benzene rings is 2. The lowest BCUT2D eigenvalue weighted by atomic mass is 9.86. The molecule has 0 unspecified atom stereocenters. The Labute approximate surface area is 200 Å². The van der Waals surface area contributed by atoms with Gasteiger partial charge in [0.15, 0.2) is 11.2 Å². The second-order valence-corrected chi connectivity index (χ2v) is 10.2. The summed E-state index contributed by atoms with van der Waals surface area (Å²) < 4.78 is 11.4. The van der Waals surface area contributed by atoms with E-state index in [1.807, 2.05) is 26.0 Å². The van der Waals surface area contributed by atoms with Gasteiger partial charge in [-0.05, 0) is 53.6 Å². The highest BCUT2D eigenvalue weighted by Crippen LogP contribution is 2.27. The number of carbonyl (C=O) groups is 1. The molecule has 0 radical (unpaired) electrons. The summed E-state index contributed by atoms with van der Waals surface area (Å²) >= 11 is 0. The smallest absolute Gasteiger partial charge is 0.287 e. The van der Waals surface area contributed by atoms with Crippen molar-refractivity contribution in [1.82, 2.24) is 10.2 Å². The highest BCUT2D eigenvalue weighted by Gasteiger charge is 2.25. The molecule has 0 bridgehead atoms. The molecule has 2 aromatic carbocycles. The molecule has 1 saturated heterocycles. The summed E-state index contributed by atoms with van der Waals surface area (Å²) in [6.45, 7) is 13.8. The summed E-state index contributed by atoms with van der Waals surface area (Å²) in [5.74, 6) is -0.355. The minimum absolute atomic E-state index is 0.000981. The summed E-state index contributed by atoms with van der Waals surface area (Å²) in [7, 11) is 0. The molecule has 1 aromatic heterocycles. The molecule has 4 rings (SSSR count). The third kappa shape index (κ3) is 5.24. The van der Waals surface area contributed by atoms with Gasteiger partial charge in [-0.3, -0.25) is 14.5 Å². The Hall–Kier alpha value is -2.96. The largest absolute Gasteiger partial charge is 0.451 e. The molecule has 0 saturated carbocycles. The Balaban J connectivity index is 1.57. The molecular formula is C28H34N2O4. The second kappa shape index (κ2) is 9.72. The van der Waals surface area contributed by atoms with Crippen LogP contribution in [0, 0.1) is 13.8 Å². The van der Waals surface area contributed by atoms with Gasteiger partial charge in [0, 0.05) is 25.7 Å². The van der Waals surface area contributed by atoms with Gasteiger partial charge >= 0.3 is 0 Å². The van der Waals surface area contributed by atoms with Crippen LogP contribution in [-0.2, 0) is 10.2 Å². The van der Waals surface area contributed by atoms with Gasteiger partial charge in [-0.1, -0.05) is 45.0 Å². The average molecular weight is 463 g/mol. The van der Waals surface area contributed by atoms with E-state index in [0.717, 1.165) is 29.8 Å². The van der Waals surface area contributed by atoms with E-state index >= 15 is 0 Å².